The Morgan fingerprint density at radius 3 is 2.28 bits per heavy atom. The largest absolute Gasteiger partial charge is 0.495 e. The first-order valence-electron chi connectivity index (χ1n) is 13.1. The van der Waals surface area contributed by atoms with Crippen LogP contribution in [-0.4, -0.2) is 59.1 Å². The van der Waals surface area contributed by atoms with Crippen molar-refractivity contribution >= 4 is 22.6 Å². The number of ether oxygens (including phenoxy) is 1. The van der Waals surface area contributed by atoms with Crippen LogP contribution in [0.4, 0.5) is 5.82 Å². The Morgan fingerprint density at radius 2 is 1.69 bits per heavy atom. The first kappa shape index (κ1) is 26.1. The molecule has 2 unspecified atom stereocenters. The lowest BCUT2D eigenvalue weighted by Gasteiger charge is -2.45. The average molecular weight is 521 g/mol. The summed E-state index contributed by atoms with van der Waals surface area (Å²) in [6.07, 6.45) is 3.67. The van der Waals surface area contributed by atoms with E-state index in [0.717, 1.165) is 44.7 Å². The first-order valence-corrected chi connectivity index (χ1v) is 13.1. The van der Waals surface area contributed by atoms with Gasteiger partial charge in [0.15, 0.2) is 0 Å². The molecule has 1 saturated heterocycles. The Balaban J connectivity index is 1.44. The number of amides is 1. The number of piperazine rings is 1. The summed E-state index contributed by atoms with van der Waals surface area (Å²) < 4.78 is 5.90. The summed E-state index contributed by atoms with van der Waals surface area (Å²) in [6, 6.07) is 19.3. The van der Waals surface area contributed by atoms with Crippen LogP contribution in [0.15, 0.2) is 67.0 Å². The van der Waals surface area contributed by atoms with E-state index in [2.05, 4.69) is 24.8 Å². The third-order valence-electron chi connectivity index (χ3n) is 7.32. The van der Waals surface area contributed by atoms with Gasteiger partial charge in [0.2, 0.25) is 5.91 Å². The zero-order valence-corrected chi connectivity index (χ0v) is 22.6. The normalized spacial score (nSPS) is 18.1. The van der Waals surface area contributed by atoms with Crippen molar-refractivity contribution in [1.29, 1.82) is 5.26 Å². The Morgan fingerprint density at radius 1 is 1.00 bits per heavy atom. The Hall–Kier alpha value is -4.48. The SMILES string of the molecule is COc1c(-c2ccc(N3CC(C)N(C(=O)C(C)N)[C@@H](C)C3)nc2)cnc2c(-c3ccc(C#N)cc3)cccc12. The van der Waals surface area contributed by atoms with Crippen molar-refractivity contribution in [2.75, 3.05) is 25.1 Å². The van der Waals surface area contributed by atoms with Gasteiger partial charge in [0.1, 0.15) is 11.6 Å². The quantitative estimate of drug-likeness (QED) is 0.409. The number of pyridine rings is 2. The van der Waals surface area contributed by atoms with Crippen molar-refractivity contribution in [3.8, 4) is 34.1 Å². The van der Waals surface area contributed by atoms with Gasteiger partial charge >= 0.3 is 0 Å². The molecule has 5 rings (SSSR count). The number of nitrogens with zero attached hydrogens (tertiary/aromatic N) is 5. The van der Waals surface area contributed by atoms with Crippen molar-refractivity contribution in [3.05, 3.63) is 72.6 Å². The summed E-state index contributed by atoms with van der Waals surface area (Å²) in [4.78, 5) is 26.3. The van der Waals surface area contributed by atoms with E-state index in [9.17, 15) is 4.79 Å². The molecule has 1 aliphatic rings. The fourth-order valence-electron chi connectivity index (χ4n) is 5.49. The third kappa shape index (κ3) is 4.89. The Labute approximate surface area is 228 Å². The van der Waals surface area contributed by atoms with Gasteiger partial charge in [-0.3, -0.25) is 9.78 Å². The van der Waals surface area contributed by atoms with Crippen LogP contribution in [0, 0.1) is 11.3 Å². The van der Waals surface area contributed by atoms with E-state index in [-0.39, 0.29) is 18.0 Å². The number of rotatable bonds is 5. The summed E-state index contributed by atoms with van der Waals surface area (Å²) in [5.74, 6) is 1.58. The van der Waals surface area contributed by atoms with Crippen molar-refractivity contribution < 1.29 is 9.53 Å². The number of nitriles is 1. The first-order chi connectivity index (χ1) is 18.8. The molecule has 3 atom stereocenters. The van der Waals surface area contributed by atoms with Gasteiger partial charge in [0, 0.05) is 59.6 Å². The van der Waals surface area contributed by atoms with Gasteiger partial charge in [-0.05, 0) is 56.7 Å². The van der Waals surface area contributed by atoms with Crippen LogP contribution in [0.5, 0.6) is 5.75 Å². The standard InChI is InChI=1S/C31H32N6O2/c1-19-17-36(18-20(2)37(19)31(38)21(3)33)28-13-12-24(15-34-28)27-16-35-29-25(6-5-7-26(29)30(27)39-4)23-10-8-22(14-32)9-11-23/h5-13,15-16,19-21H,17-18,33H2,1-4H3/t19-,20?,21?/m0/s1. The summed E-state index contributed by atoms with van der Waals surface area (Å²) in [7, 11) is 1.67. The van der Waals surface area contributed by atoms with E-state index in [4.69, 9.17) is 25.7 Å². The maximum atomic E-state index is 12.6. The van der Waals surface area contributed by atoms with E-state index >= 15 is 0 Å². The third-order valence-corrected chi connectivity index (χ3v) is 7.32. The molecule has 0 radical (unpaired) electrons. The van der Waals surface area contributed by atoms with Crippen LogP contribution in [0.1, 0.15) is 26.3 Å². The van der Waals surface area contributed by atoms with E-state index < -0.39 is 6.04 Å². The fraction of sp³-hybridized carbons (Fsp3) is 0.290. The zero-order valence-electron chi connectivity index (χ0n) is 22.6. The number of fused-ring (bicyclic) bond motifs is 1. The minimum absolute atomic E-state index is 0.0174. The lowest BCUT2D eigenvalue weighted by Crippen LogP contribution is -2.61. The molecule has 39 heavy (non-hydrogen) atoms. The molecule has 1 fully saturated rings. The number of carbonyl (C=O) groups is 1. The predicted octanol–water partition coefficient (Wildman–Crippen LogP) is 4.62. The monoisotopic (exact) mass is 520 g/mol. The van der Waals surface area contributed by atoms with Gasteiger partial charge in [0.05, 0.1) is 30.3 Å². The predicted molar refractivity (Wildman–Crippen MR) is 153 cm³/mol. The molecule has 0 aliphatic carbocycles. The highest BCUT2D eigenvalue weighted by molar-refractivity contribution is 6.00. The summed E-state index contributed by atoms with van der Waals surface area (Å²) in [6.45, 7) is 7.21. The second kappa shape index (κ2) is 10.7. The maximum Gasteiger partial charge on any atom is 0.239 e. The topological polar surface area (TPSA) is 108 Å². The Bertz CT molecular complexity index is 1530. The van der Waals surface area contributed by atoms with Crippen molar-refractivity contribution in [2.24, 2.45) is 5.73 Å². The van der Waals surface area contributed by atoms with Gasteiger partial charge in [0.25, 0.3) is 0 Å². The molecule has 1 aliphatic heterocycles. The van der Waals surface area contributed by atoms with Crippen LogP contribution >= 0.6 is 0 Å². The number of carbonyl (C=O) groups excluding carboxylic acids is 1. The Kier molecular flexibility index (Phi) is 7.18. The van der Waals surface area contributed by atoms with Crippen LogP contribution in [0.25, 0.3) is 33.2 Å². The highest BCUT2D eigenvalue weighted by atomic mass is 16.5. The van der Waals surface area contributed by atoms with E-state index in [1.165, 1.54) is 0 Å². The number of hydrogen-bond donors (Lipinski definition) is 1. The molecule has 2 aromatic heterocycles. The van der Waals surface area contributed by atoms with Gasteiger partial charge in [-0.25, -0.2) is 4.98 Å². The van der Waals surface area contributed by atoms with Gasteiger partial charge < -0.3 is 20.3 Å². The number of hydrogen-bond acceptors (Lipinski definition) is 7. The van der Waals surface area contributed by atoms with E-state index in [0.29, 0.717) is 18.7 Å². The number of anilines is 1. The van der Waals surface area contributed by atoms with Crippen molar-refractivity contribution in [3.63, 3.8) is 0 Å². The van der Waals surface area contributed by atoms with Gasteiger partial charge in [-0.15, -0.1) is 0 Å². The molecule has 1 amide bonds. The highest BCUT2D eigenvalue weighted by Crippen LogP contribution is 2.39. The van der Waals surface area contributed by atoms with Gasteiger partial charge in [-0.1, -0.05) is 24.3 Å². The van der Waals surface area contributed by atoms with Crippen LogP contribution in [0.3, 0.4) is 0 Å². The molecule has 0 saturated carbocycles. The molecular weight excluding hydrogens is 488 g/mol. The molecule has 0 bridgehead atoms. The van der Waals surface area contributed by atoms with E-state index in [1.54, 1.807) is 14.0 Å². The average Bonchev–Trinajstić information content (AvgIpc) is 2.95. The van der Waals surface area contributed by atoms with E-state index in [1.807, 2.05) is 71.9 Å². The molecular formula is C31H32N6O2. The second-order valence-electron chi connectivity index (χ2n) is 10.1. The number of aromatic nitrogens is 2. The number of nitrogens with two attached hydrogens (primary N) is 1. The second-order valence-corrected chi connectivity index (χ2v) is 10.1. The number of methoxy groups -OCH3 is 1. The highest BCUT2D eigenvalue weighted by Gasteiger charge is 2.34. The van der Waals surface area contributed by atoms with Crippen LogP contribution < -0.4 is 15.4 Å². The molecule has 3 heterocycles. The number of benzene rings is 2. The minimum atomic E-state index is -0.510. The lowest BCUT2D eigenvalue weighted by atomic mass is 9.98. The van der Waals surface area contributed by atoms with Crippen molar-refractivity contribution in [1.82, 2.24) is 14.9 Å². The fourth-order valence-corrected chi connectivity index (χ4v) is 5.49. The smallest absolute Gasteiger partial charge is 0.239 e. The van der Waals surface area contributed by atoms with Crippen LogP contribution in [-0.2, 0) is 4.79 Å². The maximum absolute atomic E-state index is 12.6. The van der Waals surface area contributed by atoms with Gasteiger partial charge in [-0.2, -0.15) is 5.26 Å². The number of para-hydroxylation sites is 1. The summed E-state index contributed by atoms with van der Waals surface area (Å²) >= 11 is 0. The summed E-state index contributed by atoms with van der Waals surface area (Å²) in [5, 5.41) is 10.0. The van der Waals surface area contributed by atoms with Crippen LogP contribution in [0.2, 0.25) is 0 Å². The molecule has 0 spiro atoms. The van der Waals surface area contributed by atoms with Crippen molar-refractivity contribution in [2.45, 2.75) is 38.9 Å². The minimum Gasteiger partial charge on any atom is -0.495 e. The summed E-state index contributed by atoms with van der Waals surface area (Å²) in [5.41, 5.74) is 11.0. The molecule has 4 aromatic rings. The molecule has 198 valence electrons. The lowest BCUT2D eigenvalue weighted by molar-refractivity contribution is -0.137. The zero-order chi connectivity index (χ0) is 27.7. The molecule has 2 aromatic carbocycles. The molecule has 2 N–H and O–H groups in total. The molecule has 8 nitrogen and oxygen atoms in total. The molecule has 8 heteroatoms.